The van der Waals surface area contributed by atoms with E-state index in [-0.39, 0.29) is 0 Å². The van der Waals surface area contributed by atoms with Crippen LogP contribution in [0.15, 0.2) is 18.2 Å². The molecule has 1 unspecified atom stereocenters. The molecule has 1 aromatic carbocycles. The summed E-state index contributed by atoms with van der Waals surface area (Å²) in [6, 6.07) is 1.53. The Balaban J connectivity index is 3.29. The number of hydrogen-bond acceptors (Lipinski definition) is 3. The number of carbonyl (C=O) groups excluding carboxylic acids is 2. The SMILES string of the molecule is COC(=O)C(C)C(=O)c1cc(F)ccc1C(F)(F)F. The van der Waals surface area contributed by atoms with Crippen LogP contribution in [0.5, 0.6) is 0 Å². The lowest BCUT2D eigenvalue weighted by molar-refractivity contribution is -0.143. The molecular formula is C12H10F4O3. The molecule has 0 amide bonds. The molecule has 0 aliphatic carbocycles. The van der Waals surface area contributed by atoms with E-state index in [1.807, 2.05) is 0 Å². The Bertz CT molecular complexity index is 508. The molecule has 0 aliphatic heterocycles. The van der Waals surface area contributed by atoms with Gasteiger partial charge in [0.1, 0.15) is 11.7 Å². The highest BCUT2D eigenvalue weighted by Gasteiger charge is 2.37. The number of alkyl halides is 3. The molecule has 7 heteroatoms. The minimum Gasteiger partial charge on any atom is -0.468 e. The number of esters is 1. The van der Waals surface area contributed by atoms with Crippen molar-refractivity contribution in [2.45, 2.75) is 13.1 Å². The van der Waals surface area contributed by atoms with Crippen molar-refractivity contribution in [1.82, 2.24) is 0 Å². The number of hydrogen-bond donors (Lipinski definition) is 0. The summed E-state index contributed by atoms with van der Waals surface area (Å²) in [5.41, 5.74) is -2.17. The summed E-state index contributed by atoms with van der Waals surface area (Å²) < 4.78 is 55.4. The van der Waals surface area contributed by atoms with Gasteiger partial charge >= 0.3 is 12.1 Å². The molecule has 3 nitrogen and oxygen atoms in total. The smallest absolute Gasteiger partial charge is 0.417 e. The van der Waals surface area contributed by atoms with Crippen LogP contribution in [-0.2, 0) is 15.7 Å². The van der Waals surface area contributed by atoms with Gasteiger partial charge in [-0.3, -0.25) is 9.59 Å². The molecule has 0 saturated heterocycles. The molecule has 0 radical (unpaired) electrons. The summed E-state index contributed by atoms with van der Waals surface area (Å²) in [4.78, 5) is 23.0. The molecular weight excluding hydrogens is 268 g/mol. The first-order valence-corrected chi connectivity index (χ1v) is 5.17. The third-order valence-electron chi connectivity index (χ3n) is 2.50. The van der Waals surface area contributed by atoms with Crippen molar-refractivity contribution in [1.29, 1.82) is 0 Å². The second-order valence-electron chi connectivity index (χ2n) is 3.80. The van der Waals surface area contributed by atoms with Gasteiger partial charge in [-0.25, -0.2) is 4.39 Å². The summed E-state index contributed by atoms with van der Waals surface area (Å²) in [7, 11) is 1.00. The molecule has 0 N–H and O–H groups in total. The van der Waals surface area contributed by atoms with Crippen LogP contribution < -0.4 is 0 Å². The van der Waals surface area contributed by atoms with Crippen LogP contribution in [0.4, 0.5) is 17.6 Å². The van der Waals surface area contributed by atoms with Gasteiger partial charge in [-0.05, 0) is 25.1 Å². The molecule has 19 heavy (non-hydrogen) atoms. The van der Waals surface area contributed by atoms with Crippen LogP contribution in [0.25, 0.3) is 0 Å². The Morgan fingerprint density at radius 3 is 2.32 bits per heavy atom. The molecule has 1 aromatic rings. The normalized spacial score (nSPS) is 12.9. The Morgan fingerprint density at radius 1 is 1.26 bits per heavy atom. The van der Waals surface area contributed by atoms with E-state index in [0.29, 0.717) is 18.2 Å². The lowest BCUT2D eigenvalue weighted by Gasteiger charge is -2.14. The van der Waals surface area contributed by atoms with Gasteiger partial charge in [0.2, 0.25) is 0 Å². The van der Waals surface area contributed by atoms with Gasteiger partial charge in [0, 0.05) is 5.56 Å². The summed E-state index contributed by atoms with van der Waals surface area (Å²) >= 11 is 0. The van der Waals surface area contributed by atoms with E-state index in [0.717, 1.165) is 14.0 Å². The van der Waals surface area contributed by atoms with Crippen LogP contribution in [0, 0.1) is 11.7 Å². The Hall–Kier alpha value is -1.92. The Morgan fingerprint density at radius 2 is 1.84 bits per heavy atom. The third-order valence-corrected chi connectivity index (χ3v) is 2.50. The highest BCUT2D eigenvalue weighted by atomic mass is 19.4. The number of halogens is 4. The fourth-order valence-corrected chi connectivity index (χ4v) is 1.48. The fraction of sp³-hybridized carbons (Fsp3) is 0.333. The molecule has 0 aromatic heterocycles. The number of ketones is 1. The third kappa shape index (κ3) is 3.30. The highest BCUT2D eigenvalue weighted by molar-refractivity contribution is 6.09. The quantitative estimate of drug-likeness (QED) is 0.369. The summed E-state index contributed by atoms with van der Waals surface area (Å²) in [6.07, 6.45) is -4.81. The van der Waals surface area contributed by atoms with E-state index in [2.05, 4.69) is 4.74 Å². The van der Waals surface area contributed by atoms with Crippen molar-refractivity contribution in [3.63, 3.8) is 0 Å². The van der Waals surface area contributed by atoms with E-state index in [9.17, 15) is 27.2 Å². The second kappa shape index (κ2) is 5.38. The van der Waals surface area contributed by atoms with Crippen LogP contribution >= 0.6 is 0 Å². The van der Waals surface area contributed by atoms with E-state index < -0.39 is 40.8 Å². The molecule has 1 atom stereocenters. The van der Waals surface area contributed by atoms with E-state index in [1.165, 1.54) is 0 Å². The molecule has 0 bridgehead atoms. The average molecular weight is 278 g/mol. The zero-order valence-corrected chi connectivity index (χ0v) is 10.0. The molecule has 0 fully saturated rings. The Labute approximate surface area is 106 Å². The van der Waals surface area contributed by atoms with Crippen molar-refractivity contribution in [3.05, 3.63) is 35.1 Å². The highest BCUT2D eigenvalue weighted by Crippen LogP contribution is 2.33. The minimum absolute atomic E-state index is 0.463. The first-order chi connectivity index (χ1) is 8.68. The number of carbonyl (C=O) groups is 2. The minimum atomic E-state index is -4.81. The predicted octanol–water partition coefficient (Wildman–Crippen LogP) is 2.84. The van der Waals surface area contributed by atoms with Gasteiger partial charge in [-0.2, -0.15) is 13.2 Å². The maximum atomic E-state index is 13.0. The lowest BCUT2D eigenvalue weighted by Crippen LogP contribution is -2.25. The van der Waals surface area contributed by atoms with Crippen LogP contribution in [0.1, 0.15) is 22.8 Å². The molecule has 1 rings (SSSR count). The molecule has 0 spiro atoms. The Kier molecular flexibility index (Phi) is 4.28. The van der Waals surface area contributed by atoms with Gasteiger partial charge in [0.25, 0.3) is 0 Å². The number of methoxy groups -OCH3 is 1. The second-order valence-corrected chi connectivity index (χ2v) is 3.80. The number of Topliss-reactive ketones (excluding diaryl/α,β-unsaturated/α-hetero) is 1. The van der Waals surface area contributed by atoms with Gasteiger partial charge in [0.15, 0.2) is 5.78 Å². The van der Waals surface area contributed by atoms with E-state index >= 15 is 0 Å². The molecule has 0 aliphatic rings. The first kappa shape index (κ1) is 15.1. The van der Waals surface area contributed by atoms with Crippen molar-refractivity contribution < 1.29 is 31.9 Å². The van der Waals surface area contributed by atoms with Crippen LogP contribution in [-0.4, -0.2) is 18.9 Å². The zero-order valence-electron chi connectivity index (χ0n) is 10.0. The zero-order chi connectivity index (χ0) is 14.8. The van der Waals surface area contributed by atoms with Crippen molar-refractivity contribution in [2.24, 2.45) is 5.92 Å². The standard InChI is InChI=1S/C12H10F4O3/c1-6(11(18)19-2)10(17)8-5-7(13)3-4-9(8)12(14,15)16/h3-6H,1-2H3. The average Bonchev–Trinajstić information content (AvgIpc) is 2.34. The van der Waals surface area contributed by atoms with Gasteiger partial charge < -0.3 is 4.74 Å². The van der Waals surface area contributed by atoms with Crippen molar-refractivity contribution in [2.75, 3.05) is 7.11 Å². The number of rotatable bonds is 3. The maximum Gasteiger partial charge on any atom is 0.417 e. The molecule has 0 saturated carbocycles. The lowest BCUT2D eigenvalue weighted by atomic mass is 9.95. The first-order valence-electron chi connectivity index (χ1n) is 5.17. The number of ether oxygens (including phenoxy) is 1. The van der Waals surface area contributed by atoms with Gasteiger partial charge in [0.05, 0.1) is 12.7 Å². The van der Waals surface area contributed by atoms with Crippen LogP contribution in [0.3, 0.4) is 0 Å². The van der Waals surface area contributed by atoms with E-state index in [1.54, 1.807) is 0 Å². The van der Waals surface area contributed by atoms with Crippen molar-refractivity contribution in [3.8, 4) is 0 Å². The maximum absolute atomic E-state index is 13.0. The molecule has 104 valence electrons. The van der Waals surface area contributed by atoms with Gasteiger partial charge in [-0.1, -0.05) is 0 Å². The number of benzene rings is 1. The van der Waals surface area contributed by atoms with E-state index in [4.69, 9.17) is 0 Å². The topological polar surface area (TPSA) is 43.4 Å². The van der Waals surface area contributed by atoms with Crippen molar-refractivity contribution >= 4 is 11.8 Å². The van der Waals surface area contributed by atoms with Crippen LogP contribution in [0.2, 0.25) is 0 Å². The monoisotopic (exact) mass is 278 g/mol. The van der Waals surface area contributed by atoms with Gasteiger partial charge in [-0.15, -0.1) is 0 Å². The summed E-state index contributed by atoms with van der Waals surface area (Å²) in [6.45, 7) is 1.10. The summed E-state index contributed by atoms with van der Waals surface area (Å²) in [5.74, 6) is -4.55. The molecule has 0 heterocycles. The summed E-state index contributed by atoms with van der Waals surface area (Å²) in [5, 5.41) is 0. The predicted molar refractivity (Wildman–Crippen MR) is 56.9 cm³/mol. The largest absolute Gasteiger partial charge is 0.468 e. The fourth-order valence-electron chi connectivity index (χ4n) is 1.48.